The zero-order valence-electron chi connectivity index (χ0n) is 8.84. The number of nitrogens with one attached hydrogen (secondary N) is 2. The Labute approximate surface area is 85.5 Å². The highest BCUT2D eigenvalue weighted by Crippen LogP contribution is 2.30. The van der Waals surface area contributed by atoms with E-state index in [4.69, 9.17) is 5.41 Å². The third-order valence-corrected chi connectivity index (χ3v) is 3.45. The maximum Gasteiger partial charge on any atom is 0.114 e. The third kappa shape index (κ3) is 2.14. The first kappa shape index (κ1) is 9.69. The quantitative estimate of drug-likeness (QED) is 0.660. The molecule has 2 aliphatic rings. The van der Waals surface area contributed by atoms with Crippen molar-refractivity contribution in [3.63, 3.8) is 0 Å². The van der Waals surface area contributed by atoms with Gasteiger partial charge in [-0.15, -0.1) is 0 Å². The highest BCUT2D eigenvalue weighted by molar-refractivity contribution is 5.94. The maximum atomic E-state index is 7.41. The monoisotopic (exact) mass is 193 g/mol. The van der Waals surface area contributed by atoms with Gasteiger partial charge in [-0.25, -0.2) is 0 Å². The molecular weight excluding hydrogens is 174 g/mol. The smallest absolute Gasteiger partial charge is 0.114 e. The Morgan fingerprint density at radius 3 is 2.50 bits per heavy atom. The molecule has 0 bridgehead atoms. The fourth-order valence-corrected chi connectivity index (χ4v) is 2.39. The normalized spacial score (nSPS) is 33.5. The maximum absolute atomic E-state index is 7.41. The summed E-state index contributed by atoms with van der Waals surface area (Å²) in [5.74, 6) is 2.17. The molecule has 1 aliphatic heterocycles. The lowest BCUT2D eigenvalue weighted by atomic mass is 9.79. The molecule has 14 heavy (non-hydrogen) atoms. The van der Waals surface area contributed by atoms with Crippen molar-refractivity contribution in [3.8, 4) is 0 Å². The largest absolute Gasteiger partial charge is 0.287 e. The Morgan fingerprint density at radius 2 is 1.93 bits per heavy atom. The van der Waals surface area contributed by atoms with E-state index < -0.39 is 0 Å². The molecule has 0 amide bonds. The van der Waals surface area contributed by atoms with Gasteiger partial charge in [-0.1, -0.05) is 19.8 Å². The van der Waals surface area contributed by atoms with E-state index in [9.17, 15) is 0 Å². The Hall–Kier alpha value is -0.860. The Balaban J connectivity index is 1.92. The lowest BCUT2D eigenvalue weighted by Crippen LogP contribution is -2.30. The number of amidine groups is 1. The topological polar surface area (TPSA) is 48.2 Å². The molecule has 0 radical (unpaired) electrons. The summed E-state index contributed by atoms with van der Waals surface area (Å²) in [6.45, 7) is 2.34. The van der Waals surface area contributed by atoms with Crippen molar-refractivity contribution in [1.82, 2.24) is 5.43 Å². The lowest BCUT2D eigenvalue weighted by molar-refractivity contribution is 0.340. The van der Waals surface area contributed by atoms with Gasteiger partial charge in [0.2, 0.25) is 0 Å². The van der Waals surface area contributed by atoms with Gasteiger partial charge < -0.3 is 0 Å². The minimum Gasteiger partial charge on any atom is -0.287 e. The molecule has 2 rings (SSSR count). The molecule has 0 aromatic carbocycles. The van der Waals surface area contributed by atoms with Crippen LogP contribution in [0.15, 0.2) is 5.10 Å². The highest BCUT2D eigenvalue weighted by atomic mass is 15.3. The summed E-state index contributed by atoms with van der Waals surface area (Å²) in [4.78, 5) is 0. The predicted octanol–water partition coefficient (Wildman–Crippen LogP) is 2.53. The number of hydrazone groups is 1. The molecule has 1 heterocycles. The molecule has 3 heteroatoms. The van der Waals surface area contributed by atoms with E-state index in [-0.39, 0.29) is 0 Å². The van der Waals surface area contributed by atoms with E-state index in [1.165, 1.54) is 31.4 Å². The first-order valence-corrected chi connectivity index (χ1v) is 5.65. The van der Waals surface area contributed by atoms with Gasteiger partial charge >= 0.3 is 0 Å². The Bertz CT molecular complexity index is 249. The van der Waals surface area contributed by atoms with Crippen LogP contribution in [0.1, 0.15) is 45.4 Å². The van der Waals surface area contributed by atoms with Gasteiger partial charge in [-0.05, 0) is 31.1 Å². The summed E-state index contributed by atoms with van der Waals surface area (Å²) < 4.78 is 0. The number of hydrogen-bond acceptors (Lipinski definition) is 2. The van der Waals surface area contributed by atoms with Gasteiger partial charge in [0.15, 0.2) is 0 Å². The SMILES string of the molecule is CC1CCC(C2=NNC(=N)CC2)CC1. The van der Waals surface area contributed by atoms with Crippen molar-refractivity contribution in [2.24, 2.45) is 16.9 Å². The second-order valence-corrected chi connectivity index (χ2v) is 4.65. The summed E-state index contributed by atoms with van der Waals surface area (Å²) in [5.41, 5.74) is 4.12. The second kappa shape index (κ2) is 4.11. The van der Waals surface area contributed by atoms with E-state index >= 15 is 0 Å². The van der Waals surface area contributed by atoms with Crippen LogP contribution in [-0.4, -0.2) is 11.5 Å². The van der Waals surface area contributed by atoms with Gasteiger partial charge in [-0.3, -0.25) is 10.8 Å². The van der Waals surface area contributed by atoms with Gasteiger partial charge in [0.05, 0.1) is 0 Å². The van der Waals surface area contributed by atoms with E-state index in [1.807, 2.05) is 0 Å². The third-order valence-electron chi connectivity index (χ3n) is 3.45. The summed E-state index contributed by atoms with van der Waals surface area (Å²) in [6, 6.07) is 0. The van der Waals surface area contributed by atoms with Gasteiger partial charge in [-0.2, -0.15) is 5.10 Å². The van der Waals surface area contributed by atoms with Crippen molar-refractivity contribution in [3.05, 3.63) is 0 Å². The van der Waals surface area contributed by atoms with Crippen LogP contribution in [-0.2, 0) is 0 Å². The van der Waals surface area contributed by atoms with Crippen LogP contribution < -0.4 is 5.43 Å². The molecule has 1 aliphatic carbocycles. The first-order valence-electron chi connectivity index (χ1n) is 5.65. The zero-order valence-corrected chi connectivity index (χ0v) is 8.84. The van der Waals surface area contributed by atoms with Crippen LogP contribution in [0.5, 0.6) is 0 Å². The number of hydrogen-bond donors (Lipinski definition) is 2. The van der Waals surface area contributed by atoms with Gasteiger partial charge in [0.1, 0.15) is 5.84 Å². The molecule has 1 fully saturated rings. The van der Waals surface area contributed by atoms with Gasteiger partial charge in [0, 0.05) is 12.1 Å². The summed E-state index contributed by atoms with van der Waals surface area (Å²) in [5, 5.41) is 11.7. The molecule has 3 nitrogen and oxygen atoms in total. The standard InChI is InChI=1S/C11H19N3/c1-8-2-4-9(5-3-8)10-6-7-11(12)14-13-10/h8-9H,2-7H2,1H3,(H2,12,14). The Morgan fingerprint density at radius 1 is 1.21 bits per heavy atom. The highest BCUT2D eigenvalue weighted by Gasteiger charge is 2.24. The average molecular weight is 193 g/mol. The number of rotatable bonds is 1. The molecule has 78 valence electrons. The second-order valence-electron chi connectivity index (χ2n) is 4.65. The van der Waals surface area contributed by atoms with Gasteiger partial charge in [0.25, 0.3) is 0 Å². The van der Waals surface area contributed by atoms with Crippen molar-refractivity contribution < 1.29 is 0 Å². The van der Waals surface area contributed by atoms with Crippen LogP contribution in [0.25, 0.3) is 0 Å². The van der Waals surface area contributed by atoms with E-state index in [2.05, 4.69) is 17.5 Å². The van der Waals surface area contributed by atoms with Crippen molar-refractivity contribution in [2.75, 3.05) is 0 Å². The van der Waals surface area contributed by atoms with E-state index in [1.54, 1.807) is 0 Å². The van der Waals surface area contributed by atoms with E-state index in [0.717, 1.165) is 18.8 Å². The fourth-order valence-electron chi connectivity index (χ4n) is 2.39. The first-order chi connectivity index (χ1) is 6.75. The Kier molecular flexibility index (Phi) is 2.85. The summed E-state index contributed by atoms with van der Waals surface area (Å²) in [6.07, 6.45) is 7.15. The molecule has 0 unspecified atom stereocenters. The van der Waals surface area contributed by atoms with Crippen LogP contribution in [0.4, 0.5) is 0 Å². The summed E-state index contributed by atoms with van der Waals surface area (Å²) >= 11 is 0. The molecule has 0 aromatic rings. The molecule has 0 saturated heterocycles. The minimum atomic E-state index is 0.568. The van der Waals surface area contributed by atoms with Crippen LogP contribution in [0.2, 0.25) is 0 Å². The molecular formula is C11H19N3. The van der Waals surface area contributed by atoms with Crippen molar-refractivity contribution in [2.45, 2.75) is 45.4 Å². The molecule has 0 aromatic heterocycles. The van der Waals surface area contributed by atoms with Crippen molar-refractivity contribution >= 4 is 11.5 Å². The fraction of sp³-hybridized carbons (Fsp3) is 0.818. The molecule has 0 atom stereocenters. The van der Waals surface area contributed by atoms with Crippen LogP contribution in [0, 0.1) is 17.2 Å². The summed E-state index contributed by atoms with van der Waals surface area (Å²) in [7, 11) is 0. The van der Waals surface area contributed by atoms with E-state index in [0.29, 0.717) is 11.8 Å². The lowest BCUT2D eigenvalue weighted by Gasteiger charge is -2.28. The molecule has 1 saturated carbocycles. The molecule has 0 spiro atoms. The van der Waals surface area contributed by atoms with Crippen molar-refractivity contribution in [1.29, 1.82) is 5.41 Å². The van der Waals surface area contributed by atoms with Crippen LogP contribution >= 0.6 is 0 Å². The average Bonchev–Trinajstić information content (AvgIpc) is 2.21. The zero-order chi connectivity index (χ0) is 9.97. The van der Waals surface area contributed by atoms with Crippen LogP contribution in [0.3, 0.4) is 0 Å². The molecule has 2 N–H and O–H groups in total. The minimum absolute atomic E-state index is 0.568. The predicted molar refractivity (Wildman–Crippen MR) is 58.7 cm³/mol. The number of nitrogens with zero attached hydrogens (tertiary/aromatic N) is 1.